The van der Waals surface area contributed by atoms with Crippen LogP contribution in [-0.2, 0) is 13.0 Å². The van der Waals surface area contributed by atoms with Crippen molar-refractivity contribution >= 4 is 22.7 Å². The number of hydrogen-bond acceptors (Lipinski definition) is 3. The summed E-state index contributed by atoms with van der Waals surface area (Å²) < 4.78 is 20.1. The molecule has 0 saturated heterocycles. The summed E-state index contributed by atoms with van der Waals surface area (Å²) in [6.07, 6.45) is 2.66. The molecular weight excluding hydrogens is 325 g/mol. The van der Waals surface area contributed by atoms with Crippen molar-refractivity contribution in [1.82, 2.24) is 0 Å². The van der Waals surface area contributed by atoms with Gasteiger partial charge in [0.15, 0.2) is 0 Å². The molecule has 0 N–H and O–H groups in total. The number of carbonyl (C=O) groups excluding carboxylic acids is 1. The molecule has 0 heterocycles. The lowest BCUT2D eigenvalue weighted by Crippen LogP contribution is -2.23. The molecule has 0 aromatic heterocycles. The van der Waals surface area contributed by atoms with Crippen LogP contribution in [0.15, 0.2) is 36.4 Å². The molecule has 0 unspecified atom stereocenters. The van der Waals surface area contributed by atoms with E-state index in [2.05, 4.69) is 13.0 Å². The van der Waals surface area contributed by atoms with Crippen LogP contribution in [0.5, 0.6) is 5.75 Å². The minimum absolute atomic E-state index is 0.0698. The zero-order valence-corrected chi connectivity index (χ0v) is 15.2. The van der Waals surface area contributed by atoms with Gasteiger partial charge in [-0.3, -0.25) is 4.79 Å². The van der Waals surface area contributed by atoms with Gasteiger partial charge in [-0.2, -0.15) is 0 Å². The number of nitrogens with zero attached hydrogens (tertiary/aromatic N) is 1. The fraction of sp³-hybridized carbons (Fsp3) is 0.316. The monoisotopic (exact) mass is 347 g/mol. The van der Waals surface area contributed by atoms with Crippen LogP contribution < -0.4 is 9.64 Å². The van der Waals surface area contributed by atoms with Gasteiger partial charge in [-0.1, -0.05) is 36.9 Å². The number of benzene rings is 2. The third-order valence-corrected chi connectivity index (χ3v) is 4.55. The summed E-state index contributed by atoms with van der Waals surface area (Å²) >= 11 is 1.09. The standard InChI is InChI=1S/C19H22FNO2S/c1-5-14-9-10-18(13(2)11-14)23-12-15-16(20)7-6-8-17(15)21(3)19(22)24-4/h6-11H,5,12H2,1-4H3. The minimum atomic E-state index is -0.379. The Labute approximate surface area is 146 Å². The highest BCUT2D eigenvalue weighted by Gasteiger charge is 2.17. The maximum Gasteiger partial charge on any atom is 0.285 e. The van der Waals surface area contributed by atoms with E-state index in [-0.39, 0.29) is 17.7 Å². The van der Waals surface area contributed by atoms with Gasteiger partial charge in [0.1, 0.15) is 18.2 Å². The second-order valence-electron chi connectivity index (χ2n) is 5.51. The first-order chi connectivity index (χ1) is 11.5. The molecule has 24 heavy (non-hydrogen) atoms. The van der Waals surface area contributed by atoms with Gasteiger partial charge in [0.25, 0.3) is 5.24 Å². The molecule has 5 heteroatoms. The van der Waals surface area contributed by atoms with E-state index in [1.807, 2.05) is 19.1 Å². The predicted octanol–water partition coefficient (Wildman–Crippen LogP) is 5.19. The van der Waals surface area contributed by atoms with Crippen molar-refractivity contribution in [2.45, 2.75) is 26.9 Å². The summed E-state index contributed by atoms with van der Waals surface area (Å²) in [6, 6.07) is 10.7. The highest BCUT2D eigenvalue weighted by molar-refractivity contribution is 8.13. The number of halogens is 1. The average Bonchev–Trinajstić information content (AvgIpc) is 2.59. The van der Waals surface area contributed by atoms with Crippen molar-refractivity contribution in [1.29, 1.82) is 0 Å². The second-order valence-corrected chi connectivity index (χ2v) is 6.27. The minimum Gasteiger partial charge on any atom is -0.488 e. The van der Waals surface area contributed by atoms with E-state index < -0.39 is 0 Å². The van der Waals surface area contributed by atoms with Crippen molar-refractivity contribution in [3.05, 3.63) is 58.9 Å². The van der Waals surface area contributed by atoms with Crippen LogP contribution in [0, 0.1) is 12.7 Å². The van der Waals surface area contributed by atoms with Gasteiger partial charge in [-0.15, -0.1) is 0 Å². The predicted molar refractivity (Wildman–Crippen MR) is 98.6 cm³/mol. The number of amides is 1. The van der Waals surface area contributed by atoms with Crippen molar-refractivity contribution in [3.63, 3.8) is 0 Å². The van der Waals surface area contributed by atoms with Crippen LogP contribution in [0.2, 0.25) is 0 Å². The highest BCUT2D eigenvalue weighted by Crippen LogP contribution is 2.27. The smallest absolute Gasteiger partial charge is 0.285 e. The zero-order valence-electron chi connectivity index (χ0n) is 14.4. The second kappa shape index (κ2) is 8.20. The molecule has 3 nitrogen and oxygen atoms in total. The molecule has 0 saturated carbocycles. The van der Waals surface area contributed by atoms with Crippen LogP contribution in [0.1, 0.15) is 23.6 Å². The number of thioether (sulfide) groups is 1. The lowest BCUT2D eigenvalue weighted by atomic mass is 10.1. The Morgan fingerprint density at radius 3 is 2.67 bits per heavy atom. The van der Waals surface area contributed by atoms with Gasteiger partial charge in [-0.25, -0.2) is 4.39 Å². The highest BCUT2D eigenvalue weighted by atomic mass is 32.2. The SMILES string of the molecule is CCc1ccc(OCc2c(F)cccc2N(C)C(=O)SC)c(C)c1. The van der Waals surface area contributed by atoms with Crippen molar-refractivity contribution in [2.24, 2.45) is 0 Å². The number of ether oxygens (including phenoxy) is 1. The Morgan fingerprint density at radius 1 is 1.29 bits per heavy atom. The third-order valence-electron chi connectivity index (χ3n) is 3.92. The number of carbonyl (C=O) groups is 1. The molecule has 128 valence electrons. The van der Waals surface area contributed by atoms with Gasteiger partial charge in [0.05, 0.1) is 5.69 Å². The van der Waals surface area contributed by atoms with E-state index in [1.165, 1.54) is 16.5 Å². The molecule has 0 spiro atoms. The maximum atomic E-state index is 14.3. The average molecular weight is 347 g/mol. The molecule has 0 atom stereocenters. The molecule has 2 rings (SSSR count). The molecule has 2 aromatic carbocycles. The van der Waals surface area contributed by atoms with Crippen LogP contribution in [0.25, 0.3) is 0 Å². The lowest BCUT2D eigenvalue weighted by molar-refractivity contribution is 0.266. The van der Waals surface area contributed by atoms with Gasteiger partial charge in [0.2, 0.25) is 0 Å². The van der Waals surface area contributed by atoms with E-state index >= 15 is 0 Å². The summed E-state index contributed by atoms with van der Waals surface area (Å²) in [5.41, 5.74) is 3.15. The molecule has 0 radical (unpaired) electrons. The summed E-state index contributed by atoms with van der Waals surface area (Å²) in [5, 5.41) is -0.148. The largest absolute Gasteiger partial charge is 0.488 e. The van der Waals surface area contributed by atoms with Crippen molar-refractivity contribution < 1.29 is 13.9 Å². The van der Waals surface area contributed by atoms with Gasteiger partial charge in [-0.05, 0) is 48.9 Å². The van der Waals surface area contributed by atoms with E-state index in [4.69, 9.17) is 4.74 Å². The van der Waals surface area contributed by atoms with Crippen molar-refractivity contribution in [2.75, 3.05) is 18.2 Å². The van der Waals surface area contributed by atoms with Crippen LogP contribution >= 0.6 is 11.8 Å². The molecule has 0 fully saturated rings. The van der Waals surface area contributed by atoms with Crippen LogP contribution in [0.4, 0.5) is 14.9 Å². The quantitative estimate of drug-likeness (QED) is 0.745. The fourth-order valence-electron chi connectivity index (χ4n) is 2.48. The Bertz CT molecular complexity index is 733. The third kappa shape index (κ3) is 4.09. The number of rotatable bonds is 5. The molecule has 0 bridgehead atoms. The van der Waals surface area contributed by atoms with E-state index in [0.29, 0.717) is 11.3 Å². The lowest BCUT2D eigenvalue weighted by Gasteiger charge is -2.20. The van der Waals surface area contributed by atoms with E-state index in [0.717, 1.165) is 29.5 Å². The summed E-state index contributed by atoms with van der Waals surface area (Å²) in [6.45, 7) is 4.14. The molecule has 0 aliphatic carbocycles. The van der Waals surface area contributed by atoms with Gasteiger partial charge in [0, 0.05) is 12.6 Å². The molecular formula is C19H22FNO2S. The summed E-state index contributed by atoms with van der Waals surface area (Å²) in [4.78, 5) is 13.3. The van der Waals surface area contributed by atoms with Crippen molar-refractivity contribution in [3.8, 4) is 5.75 Å². The summed E-state index contributed by atoms with van der Waals surface area (Å²) in [5.74, 6) is 0.344. The first kappa shape index (κ1) is 18.3. The Kier molecular flexibility index (Phi) is 6.26. The summed E-state index contributed by atoms with van der Waals surface area (Å²) in [7, 11) is 1.64. The first-order valence-electron chi connectivity index (χ1n) is 7.79. The Hall–Kier alpha value is -2.01. The first-order valence-corrected chi connectivity index (χ1v) is 9.01. The number of anilines is 1. The van der Waals surface area contributed by atoms with Gasteiger partial charge < -0.3 is 9.64 Å². The zero-order chi connectivity index (χ0) is 17.7. The number of hydrogen-bond donors (Lipinski definition) is 0. The van der Waals surface area contributed by atoms with Crippen LogP contribution in [0.3, 0.4) is 0 Å². The maximum absolute atomic E-state index is 14.3. The molecule has 2 aromatic rings. The number of aryl methyl sites for hydroxylation is 2. The molecule has 0 aliphatic heterocycles. The van der Waals surface area contributed by atoms with E-state index in [9.17, 15) is 9.18 Å². The molecule has 0 aliphatic rings. The molecule has 1 amide bonds. The topological polar surface area (TPSA) is 29.5 Å². The van der Waals surface area contributed by atoms with E-state index in [1.54, 1.807) is 25.4 Å². The normalized spacial score (nSPS) is 10.5. The van der Waals surface area contributed by atoms with Crippen LogP contribution in [-0.4, -0.2) is 18.5 Å². The Balaban J connectivity index is 2.25. The fourth-order valence-corrected chi connectivity index (χ4v) is 2.86. The van der Waals surface area contributed by atoms with Gasteiger partial charge >= 0.3 is 0 Å². The Morgan fingerprint density at radius 2 is 2.04 bits per heavy atom.